The molecule has 0 bridgehead atoms. The van der Waals surface area contributed by atoms with Crippen molar-refractivity contribution in [1.29, 1.82) is 0 Å². The van der Waals surface area contributed by atoms with Crippen molar-refractivity contribution in [1.82, 2.24) is 9.55 Å². The summed E-state index contributed by atoms with van der Waals surface area (Å²) >= 11 is 0. The summed E-state index contributed by atoms with van der Waals surface area (Å²) in [5, 5.41) is 0. The first-order valence-electron chi connectivity index (χ1n) is 6.77. The minimum absolute atomic E-state index is 0.301. The number of benzene rings is 2. The van der Waals surface area contributed by atoms with Crippen LogP contribution in [0.2, 0.25) is 0 Å². The molecule has 1 aromatic heterocycles. The van der Waals surface area contributed by atoms with Gasteiger partial charge in [0.05, 0.1) is 15.9 Å². The number of para-hydroxylation sites is 1. The molecule has 0 unspecified atom stereocenters. The predicted molar refractivity (Wildman–Crippen MR) is 83.6 cm³/mol. The number of sulfone groups is 1. The molecule has 0 fully saturated rings. The van der Waals surface area contributed by atoms with Crippen LogP contribution < -0.4 is 0 Å². The average molecular weight is 300 g/mol. The van der Waals surface area contributed by atoms with Crippen LogP contribution in [-0.2, 0) is 16.3 Å². The molecule has 0 aliphatic heterocycles. The van der Waals surface area contributed by atoms with Gasteiger partial charge in [0.25, 0.3) is 0 Å². The Bertz CT molecular complexity index is 897. The lowest BCUT2D eigenvalue weighted by molar-refractivity contribution is 0.602. The van der Waals surface area contributed by atoms with Crippen LogP contribution >= 0.6 is 0 Å². The molecule has 5 heteroatoms. The first kappa shape index (κ1) is 13.8. The Balaban J connectivity index is 2.30. The molecule has 0 saturated carbocycles. The number of fused-ring (bicyclic) bond motifs is 1. The summed E-state index contributed by atoms with van der Waals surface area (Å²) in [7, 11) is -3.22. The fraction of sp³-hybridized carbons (Fsp3) is 0.188. The van der Waals surface area contributed by atoms with Gasteiger partial charge in [-0.3, -0.25) is 4.57 Å². The first-order valence-corrected chi connectivity index (χ1v) is 8.66. The van der Waals surface area contributed by atoms with Gasteiger partial charge >= 0.3 is 0 Å². The molecule has 108 valence electrons. The molecule has 0 atom stereocenters. The van der Waals surface area contributed by atoms with Crippen molar-refractivity contribution in [2.24, 2.45) is 0 Å². The van der Waals surface area contributed by atoms with Gasteiger partial charge in [-0.05, 0) is 30.3 Å². The molecule has 3 aromatic rings. The van der Waals surface area contributed by atoms with E-state index >= 15 is 0 Å². The highest BCUT2D eigenvalue weighted by molar-refractivity contribution is 7.90. The Hall–Kier alpha value is -2.14. The van der Waals surface area contributed by atoms with Crippen molar-refractivity contribution in [3.63, 3.8) is 0 Å². The fourth-order valence-corrected chi connectivity index (χ4v) is 3.08. The van der Waals surface area contributed by atoms with Gasteiger partial charge in [0.1, 0.15) is 5.82 Å². The maximum Gasteiger partial charge on any atom is 0.175 e. The standard InChI is InChI=1S/C16H16N2O2S/c1-3-16-17-14-11-13(21(2,19)20)9-10-15(14)18(16)12-7-5-4-6-8-12/h4-11H,3H2,1-2H3. The highest BCUT2D eigenvalue weighted by atomic mass is 32.2. The van der Waals surface area contributed by atoms with Crippen LogP contribution in [-0.4, -0.2) is 24.2 Å². The van der Waals surface area contributed by atoms with E-state index in [9.17, 15) is 8.42 Å². The highest BCUT2D eigenvalue weighted by Crippen LogP contribution is 2.24. The van der Waals surface area contributed by atoms with Gasteiger partial charge in [0, 0.05) is 18.4 Å². The number of aryl methyl sites for hydroxylation is 1. The normalized spacial score (nSPS) is 11.9. The van der Waals surface area contributed by atoms with Crippen LogP contribution in [0.25, 0.3) is 16.7 Å². The van der Waals surface area contributed by atoms with Crippen molar-refractivity contribution in [3.05, 3.63) is 54.4 Å². The molecule has 0 aliphatic carbocycles. The molecule has 0 spiro atoms. The molecule has 4 nitrogen and oxygen atoms in total. The van der Waals surface area contributed by atoms with E-state index in [-0.39, 0.29) is 0 Å². The minimum Gasteiger partial charge on any atom is -0.296 e. The Labute approximate surface area is 124 Å². The fourth-order valence-electron chi connectivity index (χ4n) is 2.44. The molecule has 21 heavy (non-hydrogen) atoms. The SMILES string of the molecule is CCc1nc2cc(S(C)(=O)=O)ccc2n1-c1ccccc1. The zero-order valence-corrected chi connectivity index (χ0v) is 12.8. The van der Waals surface area contributed by atoms with E-state index in [2.05, 4.69) is 9.55 Å². The molecule has 1 heterocycles. The smallest absolute Gasteiger partial charge is 0.175 e. The Morgan fingerprint density at radius 3 is 2.43 bits per heavy atom. The summed E-state index contributed by atoms with van der Waals surface area (Å²) in [6.45, 7) is 2.04. The zero-order valence-electron chi connectivity index (χ0n) is 11.9. The van der Waals surface area contributed by atoms with E-state index in [0.29, 0.717) is 10.4 Å². The molecular formula is C16H16N2O2S. The summed E-state index contributed by atoms with van der Waals surface area (Å²) in [6.07, 6.45) is 1.99. The summed E-state index contributed by atoms with van der Waals surface area (Å²) in [5.74, 6) is 0.918. The maximum absolute atomic E-state index is 11.7. The highest BCUT2D eigenvalue weighted by Gasteiger charge is 2.14. The van der Waals surface area contributed by atoms with Gasteiger partial charge in [-0.2, -0.15) is 0 Å². The van der Waals surface area contributed by atoms with Gasteiger partial charge < -0.3 is 0 Å². The number of hydrogen-bond acceptors (Lipinski definition) is 3. The molecule has 3 rings (SSSR count). The van der Waals surface area contributed by atoms with Crippen LogP contribution in [0.5, 0.6) is 0 Å². The van der Waals surface area contributed by atoms with Gasteiger partial charge in [-0.1, -0.05) is 25.1 Å². The molecule has 0 radical (unpaired) electrons. The summed E-state index contributed by atoms with van der Waals surface area (Å²) in [5.41, 5.74) is 2.66. The largest absolute Gasteiger partial charge is 0.296 e. The molecule has 2 aromatic carbocycles. The van der Waals surface area contributed by atoms with Crippen molar-refractivity contribution in [2.45, 2.75) is 18.2 Å². The Morgan fingerprint density at radius 1 is 1.10 bits per heavy atom. The van der Waals surface area contributed by atoms with Crippen molar-refractivity contribution in [2.75, 3.05) is 6.26 Å². The summed E-state index contributed by atoms with van der Waals surface area (Å²) < 4.78 is 25.4. The van der Waals surface area contributed by atoms with E-state index in [1.807, 2.05) is 43.3 Å². The van der Waals surface area contributed by atoms with Crippen molar-refractivity contribution >= 4 is 20.9 Å². The Morgan fingerprint density at radius 2 is 1.81 bits per heavy atom. The van der Waals surface area contributed by atoms with Crippen LogP contribution in [0, 0.1) is 0 Å². The number of hydrogen-bond donors (Lipinski definition) is 0. The van der Waals surface area contributed by atoms with Gasteiger partial charge in [-0.25, -0.2) is 13.4 Å². The van der Waals surface area contributed by atoms with Crippen molar-refractivity contribution in [3.8, 4) is 5.69 Å². The Kier molecular flexibility index (Phi) is 3.29. The lowest BCUT2D eigenvalue weighted by atomic mass is 10.2. The van der Waals surface area contributed by atoms with E-state index in [0.717, 1.165) is 23.4 Å². The minimum atomic E-state index is -3.22. The van der Waals surface area contributed by atoms with E-state index in [4.69, 9.17) is 0 Å². The quantitative estimate of drug-likeness (QED) is 0.747. The number of rotatable bonds is 3. The molecule has 0 aliphatic rings. The number of aromatic nitrogens is 2. The van der Waals surface area contributed by atoms with Crippen LogP contribution in [0.3, 0.4) is 0 Å². The van der Waals surface area contributed by atoms with Gasteiger partial charge in [0.15, 0.2) is 9.84 Å². The van der Waals surface area contributed by atoms with E-state index in [1.165, 1.54) is 6.26 Å². The van der Waals surface area contributed by atoms with Gasteiger partial charge in [0.2, 0.25) is 0 Å². The number of nitrogens with zero attached hydrogens (tertiary/aromatic N) is 2. The average Bonchev–Trinajstić information content (AvgIpc) is 2.84. The third kappa shape index (κ3) is 2.45. The van der Waals surface area contributed by atoms with Crippen LogP contribution in [0.1, 0.15) is 12.7 Å². The lowest BCUT2D eigenvalue weighted by Crippen LogP contribution is -2.00. The van der Waals surface area contributed by atoms with Crippen molar-refractivity contribution < 1.29 is 8.42 Å². The second-order valence-electron chi connectivity index (χ2n) is 4.98. The summed E-state index contributed by atoms with van der Waals surface area (Å²) in [4.78, 5) is 4.88. The molecule has 0 N–H and O–H groups in total. The predicted octanol–water partition coefficient (Wildman–Crippen LogP) is 2.99. The topological polar surface area (TPSA) is 52.0 Å². The lowest BCUT2D eigenvalue weighted by Gasteiger charge is -2.08. The molecular weight excluding hydrogens is 284 g/mol. The third-order valence-electron chi connectivity index (χ3n) is 3.45. The van der Waals surface area contributed by atoms with E-state index < -0.39 is 9.84 Å². The zero-order chi connectivity index (χ0) is 15.0. The second-order valence-corrected chi connectivity index (χ2v) is 6.99. The summed E-state index contributed by atoms with van der Waals surface area (Å²) in [6, 6.07) is 15.1. The maximum atomic E-state index is 11.7. The molecule has 0 saturated heterocycles. The van der Waals surface area contributed by atoms with Crippen LogP contribution in [0.15, 0.2) is 53.4 Å². The monoisotopic (exact) mass is 300 g/mol. The first-order chi connectivity index (χ1) is 10.0. The number of imidazole rings is 1. The second kappa shape index (κ2) is 5.00. The van der Waals surface area contributed by atoms with Crippen LogP contribution in [0.4, 0.5) is 0 Å². The van der Waals surface area contributed by atoms with E-state index in [1.54, 1.807) is 12.1 Å². The van der Waals surface area contributed by atoms with Gasteiger partial charge in [-0.15, -0.1) is 0 Å². The third-order valence-corrected chi connectivity index (χ3v) is 4.56. The molecule has 0 amide bonds.